The van der Waals surface area contributed by atoms with Gasteiger partial charge in [0.25, 0.3) is 0 Å². The van der Waals surface area contributed by atoms with Crippen LogP contribution in [-0.4, -0.2) is 25.2 Å². The number of hydrogen-bond acceptors (Lipinski definition) is 3. The fraction of sp³-hybridized carbons (Fsp3) is 0.462. The Morgan fingerprint density at radius 1 is 1.56 bits per heavy atom. The lowest BCUT2D eigenvalue weighted by Gasteiger charge is -2.24. The molecule has 0 amide bonds. The third-order valence-corrected chi connectivity index (χ3v) is 3.49. The maximum atomic E-state index is 11.3. The largest absolute Gasteiger partial charge is 0.496 e. The Morgan fingerprint density at radius 3 is 2.67 bits per heavy atom. The van der Waals surface area contributed by atoms with Crippen molar-refractivity contribution in [3.63, 3.8) is 0 Å². The molecule has 2 unspecified atom stereocenters. The van der Waals surface area contributed by atoms with E-state index in [1.165, 1.54) is 0 Å². The average Bonchev–Trinajstić information content (AvgIpc) is 2.35. The van der Waals surface area contributed by atoms with Crippen LogP contribution in [0.5, 0.6) is 5.75 Å². The van der Waals surface area contributed by atoms with Gasteiger partial charge in [0.1, 0.15) is 5.75 Å². The fourth-order valence-corrected chi connectivity index (χ4v) is 2.45. The highest BCUT2D eigenvalue weighted by Gasteiger charge is 2.28. The van der Waals surface area contributed by atoms with Crippen LogP contribution in [0.15, 0.2) is 22.7 Å². The molecular weight excluding hydrogens is 298 g/mol. The number of carboxylic acid groups (broad SMARTS) is 1. The smallest absolute Gasteiger partial charge is 0.308 e. The summed E-state index contributed by atoms with van der Waals surface area (Å²) in [5, 5.41) is 12.3. The zero-order valence-electron chi connectivity index (χ0n) is 10.7. The van der Waals surface area contributed by atoms with Gasteiger partial charge in [0.15, 0.2) is 0 Å². The molecule has 2 atom stereocenters. The molecule has 0 aliphatic rings. The summed E-state index contributed by atoms with van der Waals surface area (Å²) in [5.41, 5.74) is 0.851. The minimum atomic E-state index is -0.807. The second-order valence-electron chi connectivity index (χ2n) is 4.01. The number of rotatable bonds is 6. The minimum Gasteiger partial charge on any atom is -0.496 e. The molecule has 100 valence electrons. The second kappa shape index (κ2) is 6.75. The Hall–Kier alpha value is -1.07. The number of ether oxygens (including phenoxy) is 1. The van der Waals surface area contributed by atoms with Crippen LogP contribution in [0.2, 0.25) is 0 Å². The van der Waals surface area contributed by atoms with Crippen molar-refractivity contribution in [1.82, 2.24) is 5.32 Å². The summed E-state index contributed by atoms with van der Waals surface area (Å²) in [4.78, 5) is 11.3. The van der Waals surface area contributed by atoms with Gasteiger partial charge >= 0.3 is 5.97 Å². The first-order valence-corrected chi connectivity index (χ1v) is 6.57. The Balaban J connectivity index is 3.22. The van der Waals surface area contributed by atoms with Gasteiger partial charge in [-0.25, -0.2) is 0 Å². The van der Waals surface area contributed by atoms with E-state index < -0.39 is 11.9 Å². The molecule has 0 aromatic heterocycles. The van der Waals surface area contributed by atoms with Crippen molar-refractivity contribution in [1.29, 1.82) is 0 Å². The molecule has 0 aliphatic heterocycles. The maximum Gasteiger partial charge on any atom is 0.308 e. The Kier molecular flexibility index (Phi) is 5.62. The zero-order valence-corrected chi connectivity index (χ0v) is 12.3. The highest BCUT2D eigenvalue weighted by atomic mass is 79.9. The average molecular weight is 316 g/mol. The van der Waals surface area contributed by atoms with Crippen molar-refractivity contribution in [3.8, 4) is 5.75 Å². The molecule has 0 spiro atoms. The van der Waals surface area contributed by atoms with E-state index in [0.717, 1.165) is 10.0 Å². The normalized spacial score (nSPS) is 14.0. The summed E-state index contributed by atoms with van der Waals surface area (Å²) in [6.07, 6.45) is 0.552. The van der Waals surface area contributed by atoms with Gasteiger partial charge in [-0.05, 0) is 31.7 Å². The molecule has 0 fully saturated rings. The molecule has 0 saturated heterocycles. The van der Waals surface area contributed by atoms with Crippen LogP contribution in [0.25, 0.3) is 0 Å². The Labute approximate surface area is 115 Å². The number of methoxy groups -OCH3 is 1. The fourth-order valence-electron chi connectivity index (χ4n) is 2.07. The molecule has 0 saturated carbocycles. The van der Waals surface area contributed by atoms with Crippen LogP contribution < -0.4 is 10.1 Å². The van der Waals surface area contributed by atoms with Gasteiger partial charge < -0.3 is 15.2 Å². The first-order valence-electron chi connectivity index (χ1n) is 5.78. The van der Waals surface area contributed by atoms with Gasteiger partial charge in [-0.3, -0.25) is 4.79 Å². The van der Waals surface area contributed by atoms with Gasteiger partial charge in [0.2, 0.25) is 0 Å². The van der Waals surface area contributed by atoms with Crippen molar-refractivity contribution < 1.29 is 14.6 Å². The van der Waals surface area contributed by atoms with Crippen LogP contribution in [0.1, 0.15) is 24.9 Å². The molecule has 4 nitrogen and oxygen atoms in total. The van der Waals surface area contributed by atoms with Crippen LogP contribution in [0.4, 0.5) is 0 Å². The monoisotopic (exact) mass is 315 g/mol. The number of carboxylic acids is 1. The number of halogens is 1. The summed E-state index contributed by atoms with van der Waals surface area (Å²) in [5.74, 6) is -0.602. The van der Waals surface area contributed by atoms with Crippen molar-refractivity contribution in [2.24, 2.45) is 5.92 Å². The van der Waals surface area contributed by atoms with Gasteiger partial charge in [-0.15, -0.1) is 0 Å². The molecule has 5 heteroatoms. The quantitative estimate of drug-likeness (QED) is 0.847. The number of benzene rings is 1. The van der Waals surface area contributed by atoms with Gasteiger partial charge in [0, 0.05) is 16.1 Å². The van der Waals surface area contributed by atoms with Crippen molar-refractivity contribution in [2.75, 3.05) is 14.2 Å². The standard InChI is InChI=1S/C13H18BrNO3/c1-4-9(13(16)17)12(15-2)10-7-8(14)5-6-11(10)18-3/h5-7,9,12,15H,4H2,1-3H3,(H,16,17). The first kappa shape index (κ1) is 15.0. The van der Waals surface area contributed by atoms with E-state index in [1.807, 2.05) is 25.1 Å². The van der Waals surface area contributed by atoms with E-state index in [9.17, 15) is 9.90 Å². The summed E-state index contributed by atoms with van der Waals surface area (Å²) in [6, 6.07) is 5.32. The number of carbonyl (C=O) groups is 1. The predicted molar refractivity (Wildman–Crippen MR) is 73.9 cm³/mol. The van der Waals surface area contributed by atoms with Crippen molar-refractivity contribution in [3.05, 3.63) is 28.2 Å². The van der Waals surface area contributed by atoms with Crippen LogP contribution >= 0.6 is 15.9 Å². The molecule has 0 radical (unpaired) electrons. The van der Waals surface area contributed by atoms with Gasteiger partial charge in [0.05, 0.1) is 13.0 Å². The molecule has 0 bridgehead atoms. The molecule has 0 heterocycles. The lowest BCUT2D eigenvalue weighted by atomic mass is 9.90. The van der Waals surface area contributed by atoms with E-state index in [-0.39, 0.29) is 6.04 Å². The molecule has 1 aromatic rings. The second-order valence-corrected chi connectivity index (χ2v) is 4.92. The molecular formula is C13H18BrNO3. The summed E-state index contributed by atoms with van der Waals surface area (Å²) >= 11 is 3.40. The van der Waals surface area contributed by atoms with E-state index in [4.69, 9.17) is 4.74 Å². The highest BCUT2D eigenvalue weighted by molar-refractivity contribution is 9.10. The number of nitrogens with one attached hydrogen (secondary N) is 1. The minimum absolute atomic E-state index is 0.278. The Morgan fingerprint density at radius 2 is 2.22 bits per heavy atom. The highest BCUT2D eigenvalue weighted by Crippen LogP contribution is 2.33. The summed E-state index contributed by atoms with van der Waals surface area (Å²) in [6.45, 7) is 1.87. The van der Waals surface area contributed by atoms with Gasteiger partial charge in [-0.1, -0.05) is 22.9 Å². The summed E-state index contributed by atoms with van der Waals surface area (Å²) < 4.78 is 6.21. The molecule has 18 heavy (non-hydrogen) atoms. The van der Waals surface area contributed by atoms with E-state index in [2.05, 4.69) is 21.2 Å². The predicted octanol–water partition coefficient (Wildman–Crippen LogP) is 2.83. The van der Waals surface area contributed by atoms with Crippen LogP contribution in [0, 0.1) is 5.92 Å². The summed E-state index contributed by atoms with van der Waals surface area (Å²) in [7, 11) is 3.35. The topological polar surface area (TPSA) is 58.6 Å². The van der Waals surface area contributed by atoms with E-state index in [0.29, 0.717) is 12.2 Å². The lowest BCUT2D eigenvalue weighted by Crippen LogP contribution is -2.30. The maximum absolute atomic E-state index is 11.3. The third kappa shape index (κ3) is 3.23. The number of hydrogen-bond donors (Lipinski definition) is 2. The zero-order chi connectivity index (χ0) is 13.7. The van der Waals surface area contributed by atoms with E-state index >= 15 is 0 Å². The molecule has 2 N–H and O–H groups in total. The SMILES string of the molecule is CCC(C(=O)O)C(NC)c1cc(Br)ccc1OC. The lowest BCUT2D eigenvalue weighted by molar-refractivity contribution is -0.143. The van der Waals surface area contributed by atoms with Crippen LogP contribution in [-0.2, 0) is 4.79 Å². The molecule has 1 aromatic carbocycles. The number of aliphatic carboxylic acids is 1. The van der Waals surface area contributed by atoms with Crippen LogP contribution in [0.3, 0.4) is 0 Å². The van der Waals surface area contributed by atoms with Crippen molar-refractivity contribution >= 4 is 21.9 Å². The third-order valence-electron chi connectivity index (χ3n) is 3.00. The van der Waals surface area contributed by atoms with Crippen molar-refractivity contribution in [2.45, 2.75) is 19.4 Å². The van der Waals surface area contributed by atoms with Gasteiger partial charge in [-0.2, -0.15) is 0 Å². The van der Waals surface area contributed by atoms with E-state index in [1.54, 1.807) is 14.2 Å². The molecule has 0 aliphatic carbocycles. The Bertz CT molecular complexity index is 423. The first-order chi connectivity index (χ1) is 8.54. The molecule has 1 rings (SSSR count).